The number of aliphatic carboxylic acids is 1. The number of nitriles is 1. The van der Waals surface area contributed by atoms with E-state index in [-0.39, 0.29) is 10.5 Å². The van der Waals surface area contributed by atoms with Crippen LogP contribution in [0.2, 0.25) is 0 Å². The minimum Gasteiger partial charge on any atom is -0.480 e. The topological polar surface area (TPSA) is 98.5 Å². The maximum Gasteiger partial charge on any atom is 0.318 e. The predicted octanol–water partition coefficient (Wildman–Crippen LogP) is 0.460. The molecule has 0 heterocycles. The van der Waals surface area contributed by atoms with E-state index in [2.05, 4.69) is 0 Å². The van der Waals surface area contributed by atoms with Crippen LogP contribution in [-0.2, 0) is 14.8 Å². The van der Waals surface area contributed by atoms with Crippen molar-refractivity contribution in [2.45, 2.75) is 4.90 Å². The SMILES string of the molecule is CN(CC(=O)O)S(=O)(=O)c1ccc([N+](C)(C)C)c(C#N)c1. The minimum absolute atomic E-state index is 0.0972. The van der Waals surface area contributed by atoms with Crippen molar-refractivity contribution < 1.29 is 18.3 Å². The van der Waals surface area contributed by atoms with Crippen LogP contribution in [0.25, 0.3) is 0 Å². The Morgan fingerprint density at radius 1 is 1.38 bits per heavy atom. The summed E-state index contributed by atoms with van der Waals surface area (Å²) >= 11 is 0. The first kappa shape index (κ1) is 17.1. The van der Waals surface area contributed by atoms with Crippen LogP contribution in [0.5, 0.6) is 0 Å². The second-order valence-electron chi connectivity index (χ2n) is 5.46. The lowest BCUT2D eigenvalue weighted by Gasteiger charge is -2.25. The summed E-state index contributed by atoms with van der Waals surface area (Å²) in [6.07, 6.45) is 0. The fourth-order valence-electron chi connectivity index (χ4n) is 1.81. The van der Waals surface area contributed by atoms with E-state index in [0.29, 0.717) is 10.2 Å². The zero-order chi connectivity index (χ0) is 16.4. The number of benzene rings is 1. The Labute approximate surface area is 124 Å². The molecule has 0 spiro atoms. The van der Waals surface area contributed by atoms with Crippen molar-refractivity contribution in [1.82, 2.24) is 8.79 Å². The van der Waals surface area contributed by atoms with Crippen LogP contribution < -0.4 is 4.48 Å². The fourth-order valence-corrected chi connectivity index (χ4v) is 2.95. The van der Waals surface area contributed by atoms with Crippen LogP contribution in [-0.4, -0.2) is 58.5 Å². The molecule has 0 bridgehead atoms. The van der Waals surface area contributed by atoms with Crippen molar-refractivity contribution in [3.05, 3.63) is 23.8 Å². The van der Waals surface area contributed by atoms with Gasteiger partial charge >= 0.3 is 5.97 Å². The summed E-state index contributed by atoms with van der Waals surface area (Å²) in [4.78, 5) is 10.5. The van der Waals surface area contributed by atoms with E-state index in [9.17, 15) is 18.5 Å². The van der Waals surface area contributed by atoms with Crippen molar-refractivity contribution in [2.24, 2.45) is 0 Å². The molecule has 0 saturated heterocycles. The Kier molecular flexibility index (Phi) is 4.73. The Bertz CT molecular complexity index is 699. The Morgan fingerprint density at radius 2 is 1.95 bits per heavy atom. The van der Waals surface area contributed by atoms with Crippen LogP contribution in [0.1, 0.15) is 5.56 Å². The Hall–Kier alpha value is -1.95. The lowest BCUT2D eigenvalue weighted by molar-refractivity contribution is -0.137. The summed E-state index contributed by atoms with van der Waals surface area (Å²) in [5.74, 6) is -1.25. The first-order valence-corrected chi connectivity index (χ1v) is 7.48. The van der Waals surface area contributed by atoms with Gasteiger partial charge in [0, 0.05) is 13.1 Å². The number of quaternary nitrogens is 1. The highest BCUT2D eigenvalue weighted by molar-refractivity contribution is 7.89. The summed E-state index contributed by atoms with van der Waals surface area (Å²) in [6.45, 7) is -0.638. The zero-order valence-electron chi connectivity index (χ0n) is 12.4. The van der Waals surface area contributed by atoms with Crippen LogP contribution >= 0.6 is 0 Å². The van der Waals surface area contributed by atoms with Gasteiger partial charge in [-0.15, -0.1) is 0 Å². The highest BCUT2D eigenvalue weighted by atomic mass is 32.2. The normalized spacial score (nSPS) is 12.2. The lowest BCUT2D eigenvalue weighted by Crippen LogP contribution is -2.36. The van der Waals surface area contributed by atoms with Gasteiger partial charge in [-0.1, -0.05) is 0 Å². The van der Waals surface area contributed by atoms with Gasteiger partial charge in [0.15, 0.2) is 0 Å². The molecule has 0 aromatic heterocycles. The first-order chi connectivity index (χ1) is 9.50. The quantitative estimate of drug-likeness (QED) is 0.796. The molecule has 1 N–H and O–H groups in total. The molecule has 0 saturated carbocycles. The lowest BCUT2D eigenvalue weighted by atomic mass is 10.1. The van der Waals surface area contributed by atoms with Gasteiger partial charge in [-0.2, -0.15) is 9.57 Å². The average molecular weight is 312 g/mol. The number of carbonyl (C=O) groups is 1. The highest BCUT2D eigenvalue weighted by Crippen LogP contribution is 2.26. The van der Waals surface area contributed by atoms with Crippen LogP contribution in [0, 0.1) is 11.3 Å². The van der Waals surface area contributed by atoms with Gasteiger partial charge in [0.05, 0.1) is 26.0 Å². The largest absolute Gasteiger partial charge is 0.480 e. The van der Waals surface area contributed by atoms with E-state index >= 15 is 0 Å². The van der Waals surface area contributed by atoms with Gasteiger partial charge in [-0.05, 0) is 12.1 Å². The first-order valence-electron chi connectivity index (χ1n) is 6.04. The predicted molar refractivity (Wildman–Crippen MR) is 78.2 cm³/mol. The number of hydrogen-bond donors (Lipinski definition) is 1. The van der Waals surface area contributed by atoms with Gasteiger partial charge in [0.2, 0.25) is 10.0 Å². The van der Waals surface area contributed by atoms with E-state index in [1.165, 1.54) is 19.2 Å². The van der Waals surface area contributed by atoms with Gasteiger partial charge in [0.25, 0.3) is 0 Å². The van der Waals surface area contributed by atoms with E-state index in [4.69, 9.17) is 5.11 Å². The van der Waals surface area contributed by atoms with Gasteiger partial charge in [-0.3, -0.25) is 9.28 Å². The number of nitrogens with zero attached hydrogens (tertiary/aromatic N) is 3. The second-order valence-corrected chi connectivity index (χ2v) is 7.50. The Balaban J connectivity index is 3.34. The molecule has 0 aliphatic heterocycles. The molecule has 1 rings (SSSR count). The van der Waals surface area contributed by atoms with E-state index in [1.54, 1.807) is 6.07 Å². The number of likely N-dealkylation sites (N-methyl/N-ethyl adjacent to an activating group) is 1. The third-order valence-electron chi connectivity index (χ3n) is 2.88. The van der Waals surface area contributed by atoms with E-state index in [0.717, 1.165) is 4.31 Å². The summed E-state index contributed by atoms with van der Waals surface area (Å²) in [7, 11) is 2.84. The standard InChI is InChI=1S/C13H17N3O4S/c1-15(9-13(17)18)21(19,20)11-5-6-12(16(2,3)4)10(7-11)8-14/h5-7H,9H2,1-4H3/p+1. The molecule has 0 radical (unpaired) electrons. The molecule has 0 aliphatic rings. The van der Waals surface area contributed by atoms with Crippen LogP contribution in [0.4, 0.5) is 5.69 Å². The maximum atomic E-state index is 12.2. The molecule has 7 nitrogen and oxygen atoms in total. The summed E-state index contributed by atoms with van der Waals surface area (Å²) in [5.41, 5.74) is 0.921. The fraction of sp³-hybridized carbons (Fsp3) is 0.385. The molecule has 21 heavy (non-hydrogen) atoms. The summed E-state index contributed by atoms with van der Waals surface area (Å²) < 4.78 is 25.6. The summed E-state index contributed by atoms with van der Waals surface area (Å²) in [6, 6.07) is 6.20. The molecule has 0 amide bonds. The van der Waals surface area contributed by atoms with Gasteiger partial charge < -0.3 is 5.11 Å². The van der Waals surface area contributed by atoms with Crippen molar-refractivity contribution in [3.8, 4) is 6.07 Å². The van der Waals surface area contributed by atoms with Crippen LogP contribution in [0.3, 0.4) is 0 Å². The smallest absolute Gasteiger partial charge is 0.318 e. The van der Waals surface area contributed by atoms with Crippen LogP contribution in [0.15, 0.2) is 23.1 Å². The molecule has 0 fully saturated rings. The summed E-state index contributed by atoms with van der Waals surface area (Å²) in [5, 5.41) is 17.9. The number of rotatable bonds is 5. The molecule has 0 aliphatic carbocycles. The average Bonchev–Trinajstić information content (AvgIpc) is 2.35. The highest BCUT2D eigenvalue weighted by Gasteiger charge is 2.26. The molecule has 1 aromatic carbocycles. The number of carboxylic acid groups (broad SMARTS) is 1. The zero-order valence-corrected chi connectivity index (χ0v) is 13.2. The van der Waals surface area contributed by atoms with E-state index < -0.39 is 22.5 Å². The van der Waals surface area contributed by atoms with Crippen molar-refractivity contribution in [1.29, 1.82) is 5.26 Å². The van der Waals surface area contributed by atoms with Crippen molar-refractivity contribution in [3.63, 3.8) is 0 Å². The third kappa shape index (κ3) is 3.78. The van der Waals surface area contributed by atoms with E-state index in [1.807, 2.05) is 27.2 Å². The molecule has 8 heteroatoms. The van der Waals surface area contributed by atoms with Crippen molar-refractivity contribution >= 4 is 21.7 Å². The number of sulfonamides is 1. The monoisotopic (exact) mass is 312 g/mol. The molecular weight excluding hydrogens is 294 g/mol. The molecule has 1 aromatic rings. The Morgan fingerprint density at radius 3 is 2.38 bits per heavy atom. The second kappa shape index (κ2) is 5.81. The minimum atomic E-state index is -3.93. The maximum absolute atomic E-state index is 12.2. The van der Waals surface area contributed by atoms with Gasteiger partial charge in [0.1, 0.15) is 23.9 Å². The molecular formula is C13H18N3O4S+. The van der Waals surface area contributed by atoms with Crippen molar-refractivity contribution in [2.75, 3.05) is 34.7 Å². The number of carboxylic acids is 1. The third-order valence-corrected chi connectivity index (χ3v) is 4.68. The molecule has 0 unspecified atom stereocenters. The van der Waals surface area contributed by atoms with Gasteiger partial charge in [-0.25, -0.2) is 8.42 Å². The molecule has 0 atom stereocenters. The number of hydrogen-bond acceptors (Lipinski definition) is 4. The molecule has 114 valence electrons.